The molecule has 0 unspecified atom stereocenters. The number of rotatable bonds is 6. The van der Waals surface area contributed by atoms with Crippen LogP contribution in [-0.2, 0) is 9.53 Å². The number of halogens is 2. The van der Waals surface area contributed by atoms with Crippen LogP contribution in [0.1, 0.15) is 0 Å². The number of morpholine rings is 1. The molecule has 156 valence electrons. The lowest BCUT2D eigenvalue weighted by Gasteiger charge is -2.27. The molecule has 4 rings (SSSR count). The molecule has 3 aromatic rings. The number of nitrogens with one attached hydrogen (secondary N) is 1. The van der Waals surface area contributed by atoms with Crippen molar-refractivity contribution in [3.63, 3.8) is 0 Å². The summed E-state index contributed by atoms with van der Waals surface area (Å²) in [5.74, 6) is 0.464. The lowest BCUT2D eigenvalue weighted by atomic mass is 10.3. The summed E-state index contributed by atoms with van der Waals surface area (Å²) >= 11 is 7.01. The van der Waals surface area contributed by atoms with E-state index in [1.165, 1.54) is 30.1 Å². The van der Waals surface area contributed by atoms with Crippen LogP contribution in [0, 0.1) is 5.82 Å². The number of carbonyl (C=O) groups excluding carboxylic acids is 1. The second-order valence-electron chi connectivity index (χ2n) is 6.40. The van der Waals surface area contributed by atoms with E-state index in [-0.39, 0.29) is 17.5 Å². The molecule has 1 N–H and O–H groups in total. The van der Waals surface area contributed by atoms with E-state index in [1.54, 1.807) is 28.8 Å². The smallest absolute Gasteiger partial charge is 0.236 e. The van der Waals surface area contributed by atoms with Crippen molar-refractivity contribution in [2.45, 2.75) is 5.16 Å². The molecule has 1 saturated heterocycles. The summed E-state index contributed by atoms with van der Waals surface area (Å²) in [4.78, 5) is 18.4. The Bertz CT molecular complexity index is 1030. The molecule has 0 bridgehead atoms. The van der Waals surface area contributed by atoms with Crippen LogP contribution in [0.4, 0.5) is 16.2 Å². The molecular weight excluding hydrogens is 431 g/mol. The molecule has 1 aromatic carbocycles. The highest BCUT2D eigenvalue weighted by Crippen LogP contribution is 2.27. The fourth-order valence-corrected chi connectivity index (χ4v) is 3.78. The van der Waals surface area contributed by atoms with Crippen LogP contribution in [0.2, 0.25) is 5.02 Å². The van der Waals surface area contributed by atoms with Crippen molar-refractivity contribution in [2.24, 2.45) is 0 Å². The van der Waals surface area contributed by atoms with Gasteiger partial charge in [0.2, 0.25) is 11.9 Å². The zero-order valence-corrected chi connectivity index (χ0v) is 17.4. The summed E-state index contributed by atoms with van der Waals surface area (Å²) in [5.41, 5.74) is 0.587. The van der Waals surface area contributed by atoms with Crippen molar-refractivity contribution < 1.29 is 13.9 Å². The number of anilines is 2. The summed E-state index contributed by atoms with van der Waals surface area (Å²) < 4.78 is 21.0. The Balaban J connectivity index is 1.54. The van der Waals surface area contributed by atoms with Crippen LogP contribution < -0.4 is 10.2 Å². The number of aromatic nitrogens is 4. The average molecular weight is 449 g/mol. The fourth-order valence-electron chi connectivity index (χ4n) is 2.92. The molecule has 0 saturated carbocycles. The van der Waals surface area contributed by atoms with Crippen molar-refractivity contribution in [1.29, 1.82) is 0 Å². The second kappa shape index (κ2) is 9.41. The maximum Gasteiger partial charge on any atom is 0.236 e. The Morgan fingerprint density at radius 1 is 1.23 bits per heavy atom. The van der Waals surface area contributed by atoms with Gasteiger partial charge in [0, 0.05) is 19.3 Å². The summed E-state index contributed by atoms with van der Waals surface area (Å²) in [7, 11) is 0. The Morgan fingerprint density at radius 3 is 2.80 bits per heavy atom. The summed E-state index contributed by atoms with van der Waals surface area (Å²) in [6.07, 6.45) is 1.46. The lowest BCUT2D eigenvalue weighted by molar-refractivity contribution is -0.113. The summed E-state index contributed by atoms with van der Waals surface area (Å²) in [6, 6.07) is 9.46. The van der Waals surface area contributed by atoms with E-state index < -0.39 is 0 Å². The average Bonchev–Trinajstić information content (AvgIpc) is 3.19. The van der Waals surface area contributed by atoms with Gasteiger partial charge in [-0.3, -0.25) is 9.36 Å². The van der Waals surface area contributed by atoms with Crippen LogP contribution >= 0.6 is 23.4 Å². The maximum absolute atomic E-state index is 13.9. The van der Waals surface area contributed by atoms with Gasteiger partial charge in [0.15, 0.2) is 5.16 Å². The first-order valence-electron chi connectivity index (χ1n) is 9.18. The van der Waals surface area contributed by atoms with Crippen molar-refractivity contribution in [2.75, 3.05) is 42.3 Å². The minimum atomic E-state index is -0.364. The van der Waals surface area contributed by atoms with Gasteiger partial charge in [-0.2, -0.15) is 0 Å². The zero-order valence-electron chi connectivity index (χ0n) is 15.8. The van der Waals surface area contributed by atoms with Gasteiger partial charge >= 0.3 is 0 Å². The molecular formula is C19H18ClFN6O2S. The van der Waals surface area contributed by atoms with Crippen molar-refractivity contribution >= 4 is 41.0 Å². The minimum Gasteiger partial charge on any atom is -0.378 e. The number of hydrogen-bond acceptors (Lipinski definition) is 7. The standard InChI is InChI=1S/C19H18ClFN6O2S/c20-13-4-5-16(22-11-13)23-17(28)12-30-19-25-24-18(26-6-8-29-9-7-26)27(19)15-3-1-2-14(21)10-15/h1-5,10-11H,6-9,12H2,(H,22,23,28). The molecule has 0 aliphatic carbocycles. The number of ether oxygens (including phenoxy) is 1. The molecule has 30 heavy (non-hydrogen) atoms. The zero-order chi connectivity index (χ0) is 20.9. The van der Waals surface area contributed by atoms with Gasteiger partial charge in [-0.1, -0.05) is 29.4 Å². The van der Waals surface area contributed by atoms with E-state index >= 15 is 0 Å². The van der Waals surface area contributed by atoms with Gasteiger partial charge in [-0.25, -0.2) is 9.37 Å². The lowest BCUT2D eigenvalue weighted by Crippen LogP contribution is -2.37. The van der Waals surface area contributed by atoms with E-state index in [2.05, 4.69) is 20.5 Å². The van der Waals surface area contributed by atoms with Crippen LogP contribution in [-0.4, -0.2) is 57.7 Å². The number of nitrogens with zero attached hydrogens (tertiary/aromatic N) is 5. The molecule has 2 aromatic heterocycles. The first-order valence-corrected chi connectivity index (χ1v) is 10.5. The third-order valence-corrected chi connectivity index (χ3v) is 5.46. The third kappa shape index (κ3) is 4.89. The molecule has 0 spiro atoms. The van der Waals surface area contributed by atoms with E-state index in [9.17, 15) is 9.18 Å². The summed E-state index contributed by atoms with van der Waals surface area (Å²) in [6.45, 7) is 2.46. The van der Waals surface area contributed by atoms with Crippen molar-refractivity contribution in [3.05, 3.63) is 53.4 Å². The number of amides is 1. The van der Waals surface area contributed by atoms with Gasteiger partial charge in [-0.15, -0.1) is 10.2 Å². The second-order valence-corrected chi connectivity index (χ2v) is 7.77. The number of hydrogen-bond donors (Lipinski definition) is 1. The predicted molar refractivity (Wildman–Crippen MR) is 113 cm³/mol. The van der Waals surface area contributed by atoms with Crippen LogP contribution in [0.5, 0.6) is 0 Å². The molecule has 11 heteroatoms. The minimum absolute atomic E-state index is 0.0842. The molecule has 1 aliphatic heterocycles. The van der Waals surface area contributed by atoms with Gasteiger partial charge in [0.05, 0.1) is 29.7 Å². The third-order valence-electron chi connectivity index (χ3n) is 4.30. The fraction of sp³-hybridized carbons (Fsp3) is 0.263. The highest BCUT2D eigenvalue weighted by Gasteiger charge is 2.22. The summed E-state index contributed by atoms with van der Waals surface area (Å²) in [5, 5.41) is 12.2. The van der Waals surface area contributed by atoms with Crippen molar-refractivity contribution in [3.8, 4) is 5.69 Å². The highest BCUT2D eigenvalue weighted by molar-refractivity contribution is 7.99. The Labute approximate surface area is 181 Å². The largest absolute Gasteiger partial charge is 0.378 e. The van der Waals surface area contributed by atoms with Gasteiger partial charge < -0.3 is 15.0 Å². The first kappa shape index (κ1) is 20.6. The number of benzene rings is 1. The number of pyridine rings is 1. The quantitative estimate of drug-likeness (QED) is 0.580. The predicted octanol–water partition coefficient (Wildman–Crippen LogP) is 3.02. The normalized spacial score (nSPS) is 14.0. The van der Waals surface area contributed by atoms with Crippen LogP contribution in [0.15, 0.2) is 47.8 Å². The van der Waals surface area contributed by atoms with Gasteiger partial charge in [0.1, 0.15) is 11.6 Å². The van der Waals surface area contributed by atoms with E-state index in [4.69, 9.17) is 16.3 Å². The maximum atomic E-state index is 13.9. The van der Waals surface area contributed by atoms with E-state index in [0.717, 1.165) is 0 Å². The Hall–Kier alpha value is -2.69. The number of thioether (sulfide) groups is 1. The molecule has 3 heterocycles. The number of carbonyl (C=O) groups is 1. The SMILES string of the molecule is O=C(CSc1nnc(N2CCOCC2)n1-c1cccc(F)c1)Nc1ccc(Cl)cn1. The van der Waals surface area contributed by atoms with E-state index in [0.29, 0.717) is 53.9 Å². The Morgan fingerprint density at radius 2 is 2.07 bits per heavy atom. The highest BCUT2D eigenvalue weighted by atomic mass is 35.5. The van der Waals surface area contributed by atoms with Gasteiger partial charge in [0.25, 0.3) is 0 Å². The van der Waals surface area contributed by atoms with Crippen LogP contribution in [0.25, 0.3) is 5.69 Å². The van der Waals surface area contributed by atoms with Gasteiger partial charge in [-0.05, 0) is 30.3 Å². The molecule has 0 atom stereocenters. The molecule has 1 fully saturated rings. The first-order chi connectivity index (χ1) is 14.6. The molecule has 0 radical (unpaired) electrons. The molecule has 8 nitrogen and oxygen atoms in total. The van der Waals surface area contributed by atoms with Crippen molar-refractivity contribution in [1.82, 2.24) is 19.7 Å². The molecule has 1 amide bonds. The molecule has 1 aliphatic rings. The van der Waals surface area contributed by atoms with Crippen LogP contribution in [0.3, 0.4) is 0 Å². The topological polar surface area (TPSA) is 85.2 Å². The monoisotopic (exact) mass is 448 g/mol. The van der Waals surface area contributed by atoms with E-state index in [1.807, 2.05) is 4.90 Å². The Kier molecular flexibility index (Phi) is 6.46.